The fourth-order valence-corrected chi connectivity index (χ4v) is 3.37. The summed E-state index contributed by atoms with van der Waals surface area (Å²) in [7, 11) is 1.73. The lowest BCUT2D eigenvalue weighted by atomic mass is 10.0. The Bertz CT molecular complexity index is 580. The van der Waals surface area contributed by atoms with Crippen molar-refractivity contribution in [1.29, 1.82) is 0 Å². The minimum atomic E-state index is 0.254. The average Bonchev–Trinajstić information content (AvgIpc) is 2.89. The first-order valence-electron chi connectivity index (χ1n) is 7.20. The molecule has 1 N–H and O–H groups in total. The topological polar surface area (TPSA) is 34.4 Å². The Morgan fingerprint density at radius 3 is 2.71 bits per heavy atom. The van der Waals surface area contributed by atoms with Crippen LogP contribution >= 0.6 is 11.8 Å². The summed E-state index contributed by atoms with van der Waals surface area (Å²) in [6.07, 6.45) is 1.74. The van der Waals surface area contributed by atoms with E-state index in [1.807, 2.05) is 30.8 Å². The van der Waals surface area contributed by atoms with Crippen molar-refractivity contribution in [2.24, 2.45) is 0 Å². The third kappa shape index (κ3) is 4.05. The molecule has 0 spiro atoms. The van der Waals surface area contributed by atoms with E-state index in [2.05, 4.69) is 31.3 Å². The summed E-state index contributed by atoms with van der Waals surface area (Å²) in [5.41, 5.74) is 2.46. The summed E-state index contributed by atoms with van der Waals surface area (Å²) in [5, 5.41) is 3.55. The molecule has 2 rings (SSSR count). The monoisotopic (exact) mass is 305 g/mol. The smallest absolute Gasteiger partial charge is 0.123 e. The molecule has 0 fully saturated rings. The van der Waals surface area contributed by atoms with Gasteiger partial charge >= 0.3 is 0 Å². The van der Waals surface area contributed by atoms with Gasteiger partial charge in [0, 0.05) is 22.3 Å². The zero-order chi connectivity index (χ0) is 15.2. The van der Waals surface area contributed by atoms with Crippen molar-refractivity contribution in [2.75, 3.05) is 19.4 Å². The molecule has 0 saturated carbocycles. The van der Waals surface area contributed by atoms with E-state index in [9.17, 15) is 0 Å². The highest BCUT2D eigenvalue weighted by atomic mass is 32.2. The van der Waals surface area contributed by atoms with Crippen LogP contribution in [-0.4, -0.2) is 19.4 Å². The molecule has 1 heterocycles. The van der Waals surface area contributed by atoms with Crippen molar-refractivity contribution >= 4 is 11.8 Å². The number of benzene rings is 1. The van der Waals surface area contributed by atoms with E-state index >= 15 is 0 Å². The van der Waals surface area contributed by atoms with Crippen LogP contribution in [-0.2, 0) is 0 Å². The highest BCUT2D eigenvalue weighted by Gasteiger charge is 2.16. The lowest BCUT2D eigenvalue weighted by Gasteiger charge is -2.21. The van der Waals surface area contributed by atoms with Crippen LogP contribution in [0.2, 0.25) is 0 Å². The Balaban J connectivity index is 2.18. The molecule has 2 aromatic rings. The first kappa shape index (κ1) is 16.0. The van der Waals surface area contributed by atoms with Gasteiger partial charge in [0.25, 0.3) is 0 Å². The minimum Gasteiger partial charge on any atom is -0.496 e. The van der Waals surface area contributed by atoms with Crippen LogP contribution in [0.25, 0.3) is 0 Å². The van der Waals surface area contributed by atoms with Crippen molar-refractivity contribution < 1.29 is 9.15 Å². The second-order valence-electron chi connectivity index (χ2n) is 5.01. The van der Waals surface area contributed by atoms with Crippen LogP contribution < -0.4 is 10.1 Å². The summed E-state index contributed by atoms with van der Waals surface area (Å²) >= 11 is 1.81. The van der Waals surface area contributed by atoms with Gasteiger partial charge < -0.3 is 14.5 Å². The van der Waals surface area contributed by atoms with Crippen LogP contribution in [0.5, 0.6) is 5.75 Å². The standard InChI is InChI=1S/C17H23NO2S/c1-5-18-15(11-21-17-8-9-20-13(17)3)14-10-12(2)6-7-16(14)19-4/h6-10,15,18H,5,11H2,1-4H3. The number of aryl methyl sites for hydroxylation is 2. The van der Waals surface area contributed by atoms with E-state index in [-0.39, 0.29) is 6.04 Å². The van der Waals surface area contributed by atoms with Gasteiger partial charge in [-0.05, 0) is 32.5 Å². The maximum atomic E-state index is 5.52. The van der Waals surface area contributed by atoms with Gasteiger partial charge in [-0.15, -0.1) is 11.8 Å². The van der Waals surface area contributed by atoms with E-state index < -0.39 is 0 Å². The second kappa shape index (κ2) is 7.57. The number of methoxy groups -OCH3 is 1. The molecular weight excluding hydrogens is 282 g/mol. The van der Waals surface area contributed by atoms with Crippen molar-refractivity contribution in [3.63, 3.8) is 0 Å². The summed E-state index contributed by atoms with van der Waals surface area (Å²) < 4.78 is 10.9. The van der Waals surface area contributed by atoms with Crippen LogP contribution in [0.3, 0.4) is 0 Å². The van der Waals surface area contributed by atoms with Gasteiger partial charge in [-0.3, -0.25) is 0 Å². The maximum absolute atomic E-state index is 5.52. The first-order valence-corrected chi connectivity index (χ1v) is 8.19. The minimum absolute atomic E-state index is 0.254. The summed E-state index contributed by atoms with van der Waals surface area (Å²) in [5.74, 6) is 2.86. The molecule has 1 atom stereocenters. The summed E-state index contributed by atoms with van der Waals surface area (Å²) in [6, 6.07) is 8.61. The number of thioether (sulfide) groups is 1. The molecule has 0 aliphatic heterocycles. The van der Waals surface area contributed by atoms with Crippen LogP contribution in [0, 0.1) is 13.8 Å². The SMILES string of the molecule is CCNC(CSc1ccoc1C)c1cc(C)ccc1OC. The Kier molecular flexibility index (Phi) is 5.76. The number of ether oxygens (including phenoxy) is 1. The van der Waals surface area contributed by atoms with Gasteiger partial charge in [-0.25, -0.2) is 0 Å². The molecule has 3 nitrogen and oxygen atoms in total. The van der Waals surface area contributed by atoms with Gasteiger partial charge in [0.2, 0.25) is 0 Å². The number of hydrogen-bond acceptors (Lipinski definition) is 4. The lowest BCUT2D eigenvalue weighted by Crippen LogP contribution is -2.23. The summed E-state index contributed by atoms with van der Waals surface area (Å²) in [4.78, 5) is 1.20. The largest absolute Gasteiger partial charge is 0.496 e. The Morgan fingerprint density at radius 2 is 2.10 bits per heavy atom. The van der Waals surface area contributed by atoms with Crippen molar-refractivity contribution in [2.45, 2.75) is 31.7 Å². The molecule has 1 aromatic carbocycles. The number of rotatable bonds is 7. The fraction of sp³-hybridized carbons (Fsp3) is 0.412. The predicted octanol–water partition coefficient (Wildman–Crippen LogP) is 4.35. The van der Waals surface area contributed by atoms with E-state index in [4.69, 9.17) is 9.15 Å². The molecule has 1 unspecified atom stereocenters. The summed E-state index contributed by atoms with van der Waals surface area (Å²) in [6.45, 7) is 7.16. The van der Waals surface area contributed by atoms with E-state index in [1.165, 1.54) is 16.0 Å². The number of hydrogen-bond donors (Lipinski definition) is 1. The molecular formula is C17H23NO2S. The fourth-order valence-electron chi connectivity index (χ4n) is 2.33. The van der Waals surface area contributed by atoms with Crippen molar-refractivity contribution in [3.05, 3.63) is 47.4 Å². The van der Waals surface area contributed by atoms with Gasteiger partial charge in [0.1, 0.15) is 11.5 Å². The van der Waals surface area contributed by atoms with Crippen LogP contribution in [0.15, 0.2) is 39.8 Å². The highest BCUT2D eigenvalue weighted by molar-refractivity contribution is 7.99. The molecule has 0 radical (unpaired) electrons. The third-order valence-electron chi connectivity index (χ3n) is 3.43. The van der Waals surface area contributed by atoms with Crippen molar-refractivity contribution in [1.82, 2.24) is 5.32 Å². The molecule has 0 saturated heterocycles. The zero-order valence-corrected chi connectivity index (χ0v) is 13.9. The molecule has 4 heteroatoms. The Morgan fingerprint density at radius 1 is 1.29 bits per heavy atom. The molecule has 0 amide bonds. The van der Waals surface area contributed by atoms with Gasteiger partial charge in [0.05, 0.1) is 13.4 Å². The second-order valence-corrected chi connectivity index (χ2v) is 6.07. The van der Waals surface area contributed by atoms with Crippen LogP contribution in [0.4, 0.5) is 0 Å². The lowest BCUT2D eigenvalue weighted by molar-refractivity contribution is 0.403. The number of furan rings is 1. The molecule has 114 valence electrons. The van der Waals surface area contributed by atoms with Crippen molar-refractivity contribution in [3.8, 4) is 5.75 Å². The molecule has 0 aliphatic rings. The quantitative estimate of drug-likeness (QED) is 0.771. The van der Waals surface area contributed by atoms with E-state index in [1.54, 1.807) is 13.4 Å². The average molecular weight is 305 g/mol. The highest BCUT2D eigenvalue weighted by Crippen LogP contribution is 2.32. The maximum Gasteiger partial charge on any atom is 0.123 e. The third-order valence-corrected chi connectivity index (χ3v) is 4.66. The molecule has 1 aromatic heterocycles. The Labute approximate surface area is 131 Å². The van der Waals surface area contributed by atoms with E-state index in [0.29, 0.717) is 0 Å². The number of nitrogens with one attached hydrogen (secondary N) is 1. The first-order chi connectivity index (χ1) is 10.2. The van der Waals surface area contributed by atoms with Gasteiger partial charge in [-0.2, -0.15) is 0 Å². The van der Waals surface area contributed by atoms with Crippen LogP contribution in [0.1, 0.15) is 29.9 Å². The molecule has 0 bridgehead atoms. The Hall–Kier alpha value is -1.39. The molecule has 0 aliphatic carbocycles. The van der Waals surface area contributed by atoms with Gasteiger partial charge in [-0.1, -0.05) is 24.6 Å². The predicted molar refractivity (Wildman–Crippen MR) is 88.3 cm³/mol. The van der Waals surface area contributed by atoms with Gasteiger partial charge in [0.15, 0.2) is 0 Å². The normalized spacial score (nSPS) is 12.4. The molecule has 21 heavy (non-hydrogen) atoms. The zero-order valence-electron chi connectivity index (χ0n) is 13.1. The van der Waals surface area contributed by atoms with E-state index in [0.717, 1.165) is 23.8 Å².